The van der Waals surface area contributed by atoms with E-state index in [1.165, 1.54) is 4.90 Å². The zero-order valence-corrected chi connectivity index (χ0v) is 22.5. The molecule has 0 saturated carbocycles. The number of alkyl carbamates (subject to hydrolysis) is 1. The van der Waals surface area contributed by atoms with Crippen LogP contribution in [0.5, 0.6) is 0 Å². The summed E-state index contributed by atoms with van der Waals surface area (Å²) < 4.78 is 5.32. The van der Waals surface area contributed by atoms with Crippen molar-refractivity contribution in [3.8, 4) is 0 Å². The third-order valence-corrected chi connectivity index (χ3v) is 5.68. The van der Waals surface area contributed by atoms with E-state index < -0.39 is 29.7 Å². The van der Waals surface area contributed by atoms with Gasteiger partial charge in [-0.1, -0.05) is 47.5 Å². The Morgan fingerprint density at radius 1 is 1.03 bits per heavy atom. The fraction of sp³-hybridized carbons (Fsp3) is 0.444. The van der Waals surface area contributed by atoms with Gasteiger partial charge in [0.25, 0.3) is 5.91 Å². The van der Waals surface area contributed by atoms with Gasteiger partial charge >= 0.3 is 6.09 Å². The van der Waals surface area contributed by atoms with E-state index in [4.69, 9.17) is 4.74 Å². The standard InChI is InChI=1S/C27H37N3O4S/c1-8-30(25(32)22(16-35)29-26(33)34-27(5,6)7)23(20-14-17(2)13-18(3)15-20)24(31)28-21-12-10-9-11-19(21)4/h9-15,22-23,35H,8,16H2,1-7H3,(H,28,31)(H,29,33). The van der Waals surface area contributed by atoms with Gasteiger partial charge in [0.05, 0.1) is 0 Å². The third-order valence-electron chi connectivity index (χ3n) is 5.32. The summed E-state index contributed by atoms with van der Waals surface area (Å²) in [7, 11) is 0. The second kappa shape index (κ2) is 12.1. The average Bonchev–Trinajstić information content (AvgIpc) is 2.74. The molecule has 2 aromatic carbocycles. The molecular weight excluding hydrogens is 462 g/mol. The molecular formula is C27H37N3O4S. The van der Waals surface area contributed by atoms with Crippen LogP contribution in [0.4, 0.5) is 10.5 Å². The van der Waals surface area contributed by atoms with Crippen LogP contribution in [0, 0.1) is 20.8 Å². The van der Waals surface area contributed by atoms with Crippen LogP contribution in [0.25, 0.3) is 0 Å². The number of carbonyl (C=O) groups excluding carboxylic acids is 3. The van der Waals surface area contributed by atoms with E-state index in [0.29, 0.717) is 11.3 Å². The number of rotatable bonds is 8. The monoisotopic (exact) mass is 499 g/mol. The molecule has 2 unspecified atom stereocenters. The van der Waals surface area contributed by atoms with Crippen molar-refractivity contribution in [1.29, 1.82) is 0 Å². The minimum atomic E-state index is -0.965. The summed E-state index contributed by atoms with van der Waals surface area (Å²) in [5.74, 6) is -0.708. The number of carbonyl (C=O) groups is 3. The number of para-hydroxylation sites is 1. The summed E-state index contributed by atoms with van der Waals surface area (Å²) in [6.45, 7) is 13.1. The maximum absolute atomic E-state index is 13.7. The molecule has 0 saturated heterocycles. The number of aryl methyl sites for hydroxylation is 3. The molecule has 0 aromatic heterocycles. The summed E-state index contributed by atoms with van der Waals surface area (Å²) >= 11 is 4.29. The second-order valence-electron chi connectivity index (χ2n) is 9.63. The molecule has 2 rings (SSSR count). The molecule has 3 amide bonds. The summed E-state index contributed by atoms with van der Waals surface area (Å²) in [4.78, 5) is 41.2. The van der Waals surface area contributed by atoms with Crippen LogP contribution in [0.15, 0.2) is 42.5 Å². The highest BCUT2D eigenvalue weighted by molar-refractivity contribution is 7.80. The van der Waals surface area contributed by atoms with Gasteiger partial charge in [0.1, 0.15) is 17.7 Å². The maximum atomic E-state index is 13.7. The van der Waals surface area contributed by atoms with Gasteiger partial charge in [-0.05, 0) is 65.7 Å². The molecule has 0 heterocycles. The van der Waals surface area contributed by atoms with Crippen LogP contribution in [0.1, 0.15) is 56.0 Å². The third kappa shape index (κ3) is 8.02. The topological polar surface area (TPSA) is 87.7 Å². The smallest absolute Gasteiger partial charge is 0.408 e. The lowest BCUT2D eigenvalue weighted by Crippen LogP contribution is -2.53. The van der Waals surface area contributed by atoms with E-state index in [1.54, 1.807) is 27.7 Å². The van der Waals surface area contributed by atoms with Crippen molar-refractivity contribution in [1.82, 2.24) is 10.2 Å². The van der Waals surface area contributed by atoms with Gasteiger partial charge in [-0.2, -0.15) is 12.6 Å². The lowest BCUT2D eigenvalue weighted by molar-refractivity contribution is -0.140. The Morgan fingerprint density at radius 2 is 1.63 bits per heavy atom. The Labute approximate surface area is 214 Å². The number of anilines is 1. The zero-order valence-electron chi connectivity index (χ0n) is 21.6. The summed E-state index contributed by atoms with van der Waals surface area (Å²) in [6, 6.07) is 11.4. The molecule has 0 aliphatic heterocycles. The predicted molar refractivity (Wildman–Crippen MR) is 143 cm³/mol. The molecule has 2 atom stereocenters. The van der Waals surface area contributed by atoms with Gasteiger partial charge < -0.3 is 20.3 Å². The quantitative estimate of drug-likeness (QED) is 0.448. The highest BCUT2D eigenvalue weighted by Crippen LogP contribution is 2.27. The molecule has 0 aliphatic rings. The molecule has 190 valence electrons. The lowest BCUT2D eigenvalue weighted by atomic mass is 9.98. The number of benzene rings is 2. The first-order valence-electron chi connectivity index (χ1n) is 11.7. The Kier molecular flexibility index (Phi) is 9.77. The summed E-state index contributed by atoms with van der Waals surface area (Å²) in [5, 5.41) is 5.59. The van der Waals surface area contributed by atoms with Gasteiger partial charge in [0.2, 0.25) is 5.91 Å². The molecule has 35 heavy (non-hydrogen) atoms. The number of likely N-dealkylation sites (N-methyl/N-ethyl adjacent to an activating group) is 1. The molecule has 2 N–H and O–H groups in total. The Balaban J connectivity index is 2.45. The Hall–Kier alpha value is -3.00. The van der Waals surface area contributed by atoms with Crippen LogP contribution in [0.2, 0.25) is 0 Å². The van der Waals surface area contributed by atoms with Crippen molar-refractivity contribution in [3.05, 3.63) is 64.7 Å². The van der Waals surface area contributed by atoms with E-state index in [2.05, 4.69) is 23.3 Å². The number of amides is 3. The van der Waals surface area contributed by atoms with E-state index in [-0.39, 0.29) is 18.2 Å². The average molecular weight is 500 g/mol. The first kappa shape index (κ1) is 28.2. The lowest BCUT2D eigenvalue weighted by Gasteiger charge is -2.33. The molecule has 0 radical (unpaired) electrons. The van der Waals surface area contributed by atoms with Crippen molar-refractivity contribution < 1.29 is 19.1 Å². The van der Waals surface area contributed by atoms with E-state index in [0.717, 1.165) is 16.7 Å². The SMILES string of the molecule is CCN(C(=O)C(CS)NC(=O)OC(C)(C)C)C(C(=O)Nc1ccccc1C)c1cc(C)cc(C)c1. The highest BCUT2D eigenvalue weighted by atomic mass is 32.1. The van der Waals surface area contributed by atoms with E-state index in [9.17, 15) is 14.4 Å². The van der Waals surface area contributed by atoms with Gasteiger partial charge in [-0.25, -0.2) is 4.79 Å². The van der Waals surface area contributed by atoms with Gasteiger partial charge in [-0.15, -0.1) is 0 Å². The summed E-state index contributed by atoms with van der Waals surface area (Å²) in [6.07, 6.45) is -0.715. The van der Waals surface area contributed by atoms with Crippen LogP contribution >= 0.6 is 12.6 Å². The largest absolute Gasteiger partial charge is 0.444 e. The Morgan fingerprint density at radius 3 is 2.14 bits per heavy atom. The Bertz CT molecular complexity index is 1040. The molecule has 8 heteroatoms. The fourth-order valence-corrected chi connectivity index (χ4v) is 4.10. The normalized spacial score (nSPS) is 12.9. The first-order valence-corrected chi connectivity index (χ1v) is 12.3. The number of thiol groups is 1. The molecule has 0 bridgehead atoms. The number of hydrogen-bond acceptors (Lipinski definition) is 5. The molecule has 2 aromatic rings. The van der Waals surface area contributed by atoms with Crippen molar-refractivity contribution in [2.45, 2.75) is 66.2 Å². The fourth-order valence-electron chi connectivity index (χ4n) is 3.86. The predicted octanol–water partition coefficient (Wildman–Crippen LogP) is 4.96. The van der Waals surface area contributed by atoms with Crippen LogP contribution in [-0.2, 0) is 14.3 Å². The summed E-state index contributed by atoms with van der Waals surface area (Å²) in [5.41, 5.74) is 3.53. The number of ether oxygens (including phenoxy) is 1. The van der Waals surface area contributed by atoms with Crippen molar-refractivity contribution in [3.63, 3.8) is 0 Å². The van der Waals surface area contributed by atoms with Gasteiger partial charge in [0, 0.05) is 18.0 Å². The second-order valence-corrected chi connectivity index (χ2v) is 10.00. The van der Waals surface area contributed by atoms with Gasteiger partial charge in [-0.3, -0.25) is 9.59 Å². The minimum Gasteiger partial charge on any atom is -0.444 e. The van der Waals surface area contributed by atoms with E-state index in [1.807, 2.05) is 63.2 Å². The van der Waals surface area contributed by atoms with Crippen LogP contribution in [0.3, 0.4) is 0 Å². The van der Waals surface area contributed by atoms with E-state index >= 15 is 0 Å². The van der Waals surface area contributed by atoms with Gasteiger partial charge in [0.15, 0.2) is 0 Å². The maximum Gasteiger partial charge on any atom is 0.408 e. The molecule has 0 fully saturated rings. The minimum absolute atomic E-state index is 0.0492. The van der Waals surface area contributed by atoms with Crippen molar-refractivity contribution in [2.75, 3.05) is 17.6 Å². The number of nitrogens with zero attached hydrogens (tertiary/aromatic N) is 1. The highest BCUT2D eigenvalue weighted by Gasteiger charge is 2.35. The van der Waals surface area contributed by atoms with Crippen molar-refractivity contribution in [2.24, 2.45) is 0 Å². The molecule has 0 aliphatic carbocycles. The first-order chi connectivity index (χ1) is 16.4. The van der Waals surface area contributed by atoms with Crippen molar-refractivity contribution >= 4 is 36.2 Å². The van der Waals surface area contributed by atoms with Crippen LogP contribution in [-0.4, -0.2) is 46.7 Å². The zero-order chi connectivity index (χ0) is 26.3. The molecule has 7 nitrogen and oxygen atoms in total. The van der Waals surface area contributed by atoms with Crippen LogP contribution < -0.4 is 10.6 Å². The number of nitrogens with one attached hydrogen (secondary N) is 2. The number of hydrogen-bond donors (Lipinski definition) is 3. The molecule has 0 spiro atoms.